The predicted octanol–water partition coefficient (Wildman–Crippen LogP) is 4.48. The van der Waals surface area contributed by atoms with E-state index in [1.165, 1.54) is 6.07 Å². The average molecular weight is 510 g/mol. The Kier molecular flexibility index (Phi) is 9.55. The van der Waals surface area contributed by atoms with Crippen LogP contribution in [0.4, 0.5) is 4.79 Å². The number of aromatic hydroxyl groups is 1. The number of carbonyl (C=O) groups excluding carboxylic acids is 3. The molecule has 2 atom stereocenters. The number of alkyl carbamates (subject to hydrolysis) is 1. The van der Waals surface area contributed by atoms with E-state index >= 15 is 0 Å². The predicted molar refractivity (Wildman–Crippen MR) is 142 cm³/mol. The average Bonchev–Trinajstić information content (AvgIpc) is 3.67. The number of para-hydroxylation sites is 1. The third-order valence-electron chi connectivity index (χ3n) is 6.05. The van der Waals surface area contributed by atoms with Crippen LogP contribution in [0.25, 0.3) is 0 Å². The van der Waals surface area contributed by atoms with Gasteiger partial charge in [0.1, 0.15) is 23.4 Å². The van der Waals surface area contributed by atoms with Gasteiger partial charge in [-0.15, -0.1) is 0 Å². The van der Waals surface area contributed by atoms with Gasteiger partial charge in [-0.3, -0.25) is 9.59 Å². The lowest BCUT2D eigenvalue weighted by atomic mass is 9.99. The van der Waals surface area contributed by atoms with E-state index in [4.69, 9.17) is 4.74 Å². The summed E-state index contributed by atoms with van der Waals surface area (Å²) in [6, 6.07) is 13.8. The Bertz CT molecular complexity index is 1060. The van der Waals surface area contributed by atoms with Crippen molar-refractivity contribution in [2.24, 2.45) is 0 Å². The summed E-state index contributed by atoms with van der Waals surface area (Å²) in [4.78, 5) is 42.0. The van der Waals surface area contributed by atoms with Crippen molar-refractivity contribution in [2.75, 3.05) is 6.54 Å². The largest absolute Gasteiger partial charge is 0.508 e. The van der Waals surface area contributed by atoms with Gasteiger partial charge < -0.3 is 25.4 Å². The maximum Gasteiger partial charge on any atom is 0.408 e. The highest BCUT2D eigenvalue weighted by Gasteiger charge is 2.44. The Balaban J connectivity index is 1.98. The fourth-order valence-electron chi connectivity index (χ4n) is 4.17. The van der Waals surface area contributed by atoms with Crippen molar-refractivity contribution >= 4 is 17.9 Å². The van der Waals surface area contributed by atoms with Crippen LogP contribution >= 0.6 is 0 Å². The minimum Gasteiger partial charge on any atom is -0.508 e. The highest BCUT2D eigenvalue weighted by Crippen LogP contribution is 2.38. The number of hydrogen-bond acceptors (Lipinski definition) is 5. The molecule has 0 radical (unpaired) electrons. The molecule has 2 aromatic rings. The zero-order chi connectivity index (χ0) is 27.0. The van der Waals surface area contributed by atoms with E-state index in [1.54, 1.807) is 43.9 Å². The van der Waals surface area contributed by atoms with Gasteiger partial charge in [0.25, 0.3) is 0 Å². The number of phenolic OH excluding ortho intramolecular Hbond substituents is 1. The molecule has 37 heavy (non-hydrogen) atoms. The summed E-state index contributed by atoms with van der Waals surface area (Å²) in [5.41, 5.74) is 0.477. The molecule has 0 aliphatic heterocycles. The number of amides is 3. The van der Waals surface area contributed by atoms with Crippen molar-refractivity contribution in [1.82, 2.24) is 15.5 Å². The second-order valence-corrected chi connectivity index (χ2v) is 10.5. The summed E-state index contributed by atoms with van der Waals surface area (Å²) < 4.78 is 5.45. The van der Waals surface area contributed by atoms with Crippen molar-refractivity contribution in [3.8, 4) is 5.75 Å². The van der Waals surface area contributed by atoms with E-state index in [1.807, 2.05) is 37.3 Å². The number of benzene rings is 2. The molecule has 2 aromatic carbocycles. The van der Waals surface area contributed by atoms with E-state index < -0.39 is 29.7 Å². The Morgan fingerprint density at radius 3 is 2.30 bits per heavy atom. The van der Waals surface area contributed by atoms with Crippen LogP contribution in [-0.2, 0) is 20.7 Å². The second-order valence-electron chi connectivity index (χ2n) is 10.5. The zero-order valence-electron chi connectivity index (χ0n) is 22.2. The van der Waals surface area contributed by atoms with Crippen LogP contribution < -0.4 is 10.6 Å². The molecule has 0 heterocycles. The Labute approximate surface area is 219 Å². The minimum absolute atomic E-state index is 0.0590. The van der Waals surface area contributed by atoms with Gasteiger partial charge in [-0.2, -0.15) is 0 Å². The van der Waals surface area contributed by atoms with Gasteiger partial charge in [-0.05, 0) is 51.7 Å². The standard InChI is InChI=1S/C29H39N3O5/c1-5-6-18-30-26(34)25(22-14-10-11-15-24(22)33)32(21-16-17-21)27(35)23(19-20-12-8-7-9-13-20)31-28(36)37-29(2,3)4/h7-15,21,23,25,33H,5-6,16-19H2,1-4H3,(H,30,34)(H,31,36). The lowest BCUT2D eigenvalue weighted by Gasteiger charge is -2.35. The van der Waals surface area contributed by atoms with Gasteiger partial charge in [0.15, 0.2) is 0 Å². The highest BCUT2D eigenvalue weighted by molar-refractivity contribution is 5.93. The zero-order valence-corrected chi connectivity index (χ0v) is 22.2. The van der Waals surface area contributed by atoms with Crippen LogP contribution in [0, 0.1) is 0 Å². The molecule has 2 unspecified atom stereocenters. The molecule has 8 nitrogen and oxygen atoms in total. The van der Waals surface area contributed by atoms with E-state index in [0.717, 1.165) is 31.2 Å². The molecule has 1 fully saturated rings. The van der Waals surface area contributed by atoms with Gasteiger partial charge in [-0.1, -0.05) is 61.9 Å². The molecule has 1 saturated carbocycles. The third kappa shape index (κ3) is 8.23. The van der Waals surface area contributed by atoms with Crippen molar-refractivity contribution in [1.29, 1.82) is 0 Å². The highest BCUT2D eigenvalue weighted by atomic mass is 16.6. The summed E-state index contributed by atoms with van der Waals surface area (Å²) in [7, 11) is 0. The number of carbonyl (C=O) groups is 3. The topological polar surface area (TPSA) is 108 Å². The summed E-state index contributed by atoms with van der Waals surface area (Å²) in [5, 5.41) is 16.4. The molecule has 0 spiro atoms. The molecule has 1 aliphatic carbocycles. The molecule has 200 valence electrons. The minimum atomic E-state index is -1.03. The van der Waals surface area contributed by atoms with Gasteiger partial charge in [0, 0.05) is 24.6 Å². The normalized spacial score (nSPS) is 14.8. The quantitative estimate of drug-likeness (QED) is 0.387. The third-order valence-corrected chi connectivity index (χ3v) is 6.05. The smallest absolute Gasteiger partial charge is 0.408 e. The first kappa shape index (κ1) is 28.0. The van der Waals surface area contributed by atoms with Gasteiger partial charge in [0.05, 0.1) is 0 Å². The summed E-state index contributed by atoms with van der Waals surface area (Å²) in [5.74, 6) is -0.807. The fourth-order valence-corrected chi connectivity index (χ4v) is 4.17. The first-order valence-corrected chi connectivity index (χ1v) is 13.0. The lowest BCUT2D eigenvalue weighted by molar-refractivity contribution is -0.143. The first-order valence-electron chi connectivity index (χ1n) is 13.0. The molecular formula is C29H39N3O5. The molecule has 3 amide bonds. The molecule has 1 aliphatic rings. The van der Waals surface area contributed by atoms with E-state index in [2.05, 4.69) is 10.6 Å². The summed E-state index contributed by atoms with van der Waals surface area (Å²) >= 11 is 0. The Morgan fingerprint density at radius 2 is 1.70 bits per heavy atom. The van der Waals surface area contributed by atoms with Gasteiger partial charge in [-0.25, -0.2) is 4.79 Å². The van der Waals surface area contributed by atoms with Crippen molar-refractivity contribution in [3.63, 3.8) is 0 Å². The molecule has 0 saturated heterocycles. The van der Waals surface area contributed by atoms with E-state index in [9.17, 15) is 19.5 Å². The monoisotopic (exact) mass is 509 g/mol. The van der Waals surface area contributed by atoms with Crippen molar-refractivity contribution in [3.05, 3.63) is 65.7 Å². The van der Waals surface area contributed by atoms with E-state index in [-0.39, 0.29) is 24.1 Å². The van der Waals surface area contributed by atoms with Gasteiger partial charge >= 0.3 is 6.09 Å². The number of nitrogens with zero attached hydrogens (tertiary/aromatic N) is 1. The lowest BCUT2D eigenvalue weighted by Crippen LogP contribution is -2.54. The molecule has 0 aromatic heterocycles. The second kappa shape index (κ2) is 12.6. The van der Waals surface area contributed by atoms with Crippen LogP contribution in [0.5, 0.6) is 5.75 Å². The molecule has 8 heteroatoms. The number of hydrogen-bond donors (Lipinski definition) is 3. The summed E-state index contributed by atoms with van der Waals surface area (Å²) in [6.07, 6.45) is 2.71. The van der Waals surface area contributed by atoms with Crippen LogP contribution in [0.15, 0.2) is 54.6 Å². The van der Waals surface area contributed by atoms with Crippen LogP contribution in [0.1, 0.15) is 70.5 Å². The van der Waals surface area contributed by atoms with Crippen LogP contribution in [-0.4, -0.2) is 52.1 Å². The number of unbranched alkanes of at least 4 members (excludes halogenated alkanes) is 1. The van der Waals surface area contributed by atoms with E-state index in [0.29, 0.717) is 12.1 Å². The number of phenols is 1. The number of ether oxygens (including phenoxy) is 1. The maximum absolute atomic E-state index is 14.2. The Morgan fingerprint density at radius 1 is 1.05 bits per heavy atom. The molecule has 3 N–H and O–H groups in total. The number of rotatable bonds is 11. The fraction of sp³-hybridized carbons (Fsp3) is 0.483. The molecule has 3 rings (SSSR count). The van der Waals surface area contributed by atoms with Crippen LogP contribution in [0.3, 0.4) is 0 Å². The number of nitrogens with one attached hydrogen (secondary N) is 2. The van der Waals surface area contributed by atoms with Crippen molar-refractivity contribution < 1.29 is 24.2 Å². The summed E-state index contributed by atoms with van der Waals surface area (Å²) in [6.45, 7) is 7.77. The maximum atomic E-state index is 14.2. The SMILES string of the molecule is CCCCNC(=O)C(c1ccccc1O)N(C(=O)C(Cc1ccccc1)NC(=O)OC(C)(C)C)C1CC1. The van der Waals surface area contributed by atoms with Gasteiger partial charge in [0.2, 0.25) is 11.8 Å². The van der Waals surface area contributed by atoms with Crippen LogP contribution in [0.2, 0.25) is 0 Å². The van der Waals surface area contributed by atoms with Crippen molar-refractivity contribution in [2.45, 2.75) is 83.5 Å². The first-order chi connectivity index (χ1) is 17.6. The molecule has 0 bridgehead atoms. The Hall–Kier alpha value is -3.55. The molecular weight excluding hydrogens is 470 g/mol.